The zero-order chi connectivity index (χ0) is 14.9. The number of carbonyl (C=O) groups excluding carboxylic acids is 1. The number of carbonyl (C=O) groups is 1. The van der Waals surface area contributed by atoms with E-state index in [2.05, 4.69) is 15.5 Å². The van der Waals surface area contributed by atoms with Gasteiger partial charge < -0.3 is 20.3 Å². The first-order valence-electron chi connectivity index (χ1n) is 8.53. The Balaban J connectivity index is 1.68. The molecule has 3 rings (SSSR count). The molecule has 1 spiro atoms. The van der Waals surface area contributed by atoms with E-state index in [1.54, 1.807) is 0 Å². The minimum atomic E-state index is 0.0133. The molecule has 2 saturated heterocycles. The second kappa shape index (κ2) is 6.13. The lowest BCUT2D eigenvalue weighted by atomic mass is 9.82. The summed E-state index contributed by atoms with van der Waals surface area (Å²) in [7, 11) is 0. The molecule has 1 aliphatic carbocycles. The first-order chi connectivity index (χ1) is 10.1. The standard InChI is InChI=1S/C16H29N3O2/c1-12(2)18-15(20)19(13-3-4-13)14-5-10-21-16(11-14)6-8-17-9-7-16/h12-14,17H,3-11H2,1-2H3,(H,18,20). The average molecular weight is 295 g/mol. The summed E-state index contributed by atoms with van der Waals surface area (Å²) in [6, 6.07) is 1.14. The zero-order valence-electron chi connectivity index (χ0n) is 13.4. The van der Waals surface area contributed by atoms with E-state index in [0.29, 0.717) is 12.1 Å². The lowest BCUT2D eigenvalue weighted by Gasteiger charge is -2.46. The molecule has 1 unspecified atom stereocenters. The molecule has 21 heavy (non-hydrogen) atoms. The van der Waals surface area contributed by atoms with E-state index in [1.165, 1.54) is 0 Å². The Morgan fingerprint density at radius 3 is 2.57 bits per heavy atom. The Bertz CT molecular complexity index is 370. The molecule has 5 nitrogen and oxygen atoms in total. The molecule has 120 valence electrons. The molecule has 3 fully saturated rings. The van der Waals surface area contributed by atoms with Crippen LogP contribution in [0, 0.1) is 0 Å². The fraction of sp³-hybridized carbons (Fsp3) is 0.938. The Morgan fingerprint density at radius 2 is 1.95 bits per heavy atom. The maximum absolute atomic E-state index is 12.6. The monoisotopic (exact) mass is 295 g/mol. The molecule has 3 aliphatic rings. The highest BCUT2D eigenvalue weighted by molar-refractivity contribution is 5.75. The van der Waals surface area contributed by atoms with Crippen LogP contribution >= 0.6 is 0 Å². The summed E-state index contributed by atoms with van der Waals surface area (Å²) >= 11 is 0. The molecule has 0 radical (unpaired) electrons. The normalized spacial score (nSPS) is 28.6. The fourth-order valence-corrected chi connectivity index (χ4v) is 3.77. The van der Waals surface area contributed by atoms with Crippen molar-refractivity contribution in [2.45, 2.75) is 76.1 Å². The van der Waals surface area contributed by atoms with Gasteiger partial charge in [0.1, 0.15) is 0 Å². The minimum absolute atomic E-state index is 0.0133. The van der Waals surface area contributed by atoms with Gasteiger partial charge in [0.25, 0.3) is 0 Å². The molecule has 2 amide bonds. The molecule has 0 aromatic rings. The van der Waals surface area contributed by atoms with Crippen LogP contribution in [-0.4, -0.2) is 54.4 Å². The van der Waals surface area contributed by atoms with Crippen molar-refractivity contribution in [1.29, 1.82) is 0 Å². The number of nitrogens with zero attached hydrogens (tertiary/aromatic N) is 1. The number of amides is 2. The number of hydrogen-bond donors (Lipinski definition) is 2. The van der Waals surface area contributed by atoms with Crippen LogP contribution in [0.3, 0.4) is 0 Å². The Hall–Kier alpha value is -0.810. The quantitative estimate of drug-likeness (QED) is 0.836. The van der Waals surface area contributed by atoms with Crippen molar-refractivity contribution in [2.24, 2.45) is 0 Å². The Labute approximate surface area is 127 Å². The van der Waals surface area contributed by atoms with Gasteiger partial charge in [-0.3, -0.25) is 0 Å². The zero-order valence-corrected chi connectivity index (χ0v) is 13.4. The van der Waals surface area contributed by atoms with E-state index in [9.17, 15) is 4.79 Å². The SMILES string of the molecule is CC(C)NC(=O)N(C1CC1)C1CCOC2(CCNCC2)C1. The first kappa shape index (κ1) is 15.1. The third kappa shape index (κ3) is 3.51. The van der Waals surface area contributed by atoms with Crippen molar-refractivity contribution < 1.29 is 9.53 Å². The van der Waals surface area contributed by atoms with Gasteiger partial charge in [-0.05, 0) is 65.5 Å². The number of hydrogen-bond acceptors (Lipinski definition) is 3. The van der Waals surface area contributed by atoms with Gasteiger partial charge in [-0.2, -0.15) is 0 Å². The lowest BCUT2D eigenvalue weighted by Crippen LogP contribution is -2.56. The van der Waals surface area contributed by atoms with Crippen molar-refractivity contribution in [3.8, 4) is 0 Å². The van der Waals surface area contributed by atoms with Crippen LogP contribution < -0.4 is 10.6 Å². The minimum Gasteiger partial charge on any atom is -0.375 e. The number of piperidine rings is 1. The highest BCUT2D eigenvalue weighted by Gasteiger charge is 2.45. The van der Waals surface area contributed by atoms with Crippen molar-refractivity contribution in [1.82, 2.24) is 15.5 Å². The number of ether oxygens (including phenoxy) is 1. The van der Waals surface area contributed by atoms with Crippen LogP contribution in [0.1, 0.15) is 52.4 Å². The van der Waals surface area contributed by atoms with Gasteiger partial charge in [0.15, 0.2) is 0 Å². The van der Waals surface area contributed by atoms with E-state index in [0.717, 1.165) is 58.2 Å². The summed E-state index contributed by atoms with van der Waals surface area (Å²) in [6.07, 6.45) is 6.48. The van der Waals surface area contributed by atoms with Crippen LogP contribution in [0.25, 0.3) is 0 Å². The van der Waals surface area contributed by atoms with Gasteiger partial charge in [0.05, 0.1) is 5.60 Å². The molecule has 2 N–H and O–H groups in total. The molecule has 1 saturated carbocycles. The van der Waals surface area contributed by atoms with Crippen LogP contribution in [0.15, 0.2) is 0 Å². The predicted molar refractivity (Wildman–Crippen MR) is 82.3 cm³/mol. The summed E-state index contributed by atoms with van der Waals surface area (Å²) in [4.78, 5) is 14.7. The molecule has 0 aromatic carbocycles. The predicted octanol–water partition coefficient (Wildman–Crippen LogP) is 1.87. The molecule has 0 aromatic heterocycles. The van der Waals surface area contributed by atoms with E-state index in [1.807, 2.05) is 13.8 Å². The molecule has 0 bridgehead atoms. The maximum Gasteiger partial charge on any atom is 0.318 e. The third-order valence-electron chi connectivity index (χ3n) is 4.96. The van der Waals surface area contributed by atoms with Crippen LogP contribution in [0.4, 0.5) is 4.79 Å². The van der Waals surface area contributed by atoms with Crippen molar-refractivity contribution in [2.75, 3.05) is 19.7 Å². The van der Waals surface area contributed by atoms with Gasteiger partial charge in [-0.15, -0.1) is 0 Å². The van der Waals surface area contributed by atoms with Crippen LogP contribution in [0.5, 0.6) is 0 Å². The summed E-state index contributed by atoms with van der Waals surface area (Å²) in [6.45, 7) is 6.92. The highest BCUT2D eigenvalue weighted by Crippen LogP contribution is 2.38. The summed E-state index contributed by atoms with van der Waals surface area (Å²) in [5, 5.41) is 6.50. The highest BCUT2D eigenvalue weighted by atomic mass is 16.5. The van der Waals surface area contributed by atoms with E-state index >= 15 is 0 Å². The lowest BCUT2D eigenvalue weighted by molar-refractivity contribution is -0.116. The summed E-state index contributed by atoms with van der Waals surface area (Å²) in [5.74, 6) is 0. The largest absolute Gasteiger partial charge is 0.375 e. The maximum atomic E-state index is 12.6. The van der Waals surface area contributed by atoms with E-state index in [4.69, 9.17) is 4.74 Å². The summed E-state index contributed by atoms with van der Waals surface area (Å²) in [5.41, 5.74) is 0.0133. The van der Waals surface area contributed by atoms with Gasteiger partial charge in [-0.1, -0.05) is 0 Å². The van der Waals surface area contributed by atoms with Crippen LogP contribution in [0.2, 0.25) is 0 Å². The van der Waals surface area contributed by atoms with E-state index < -0.39 is 0 Å². The Morgan fingerprint density at radius 1 is 1.24 bits per heavy atom. The van der Waals surface area contributed by atoms with E-state index in [-0.39, 0.29) is 17.7 Å². The third-order valence-corrected chi connectivity index (χ3v) is 4.96. The summed E-state index contributed by atoms with van der Waals surface area (Å²) < 4.78 is 6.15. The van der Waals surface area contributed by atoms with Gasteiger partial charge in [-0.25, -0.2) is 4.79 Å². The molecule has 2 heterocycles. The Kier molecular flexibility index (Phi) is 4.41. The number of nitrogens with one attached hydrogen (secondary N) is 2. The smallest absolute Gasteiger partial charge is 0.318 e. The van der Waals surface area contributed by atoms with Gasteiger partial charge in [0, 0.05) is 24.7 Å². The molecule has 5 heteroatoms. The van der Waals surface area contributed by atoms with Crippen molar-refractivity contribution >= 4 is 6.03 Å². The van der Waals surface area contributed by atoms with Gasteiger partial charge >= 0.3 is 6.03 Å². The van der Waals surface area contributed by atoms with Crippen molar-refractivity contribution in [3.05, 3.63) is 0 Å². The second-order valence-electron chi connectivity index (χ2n) is 7.17. The van der Waals surface area contributed by atoms with Crippen molar-refractivity contribution in [3.63, 3.8) is 0 Å². The number of urea groups is 1. The molecule has 2 aliphatic heterocycles. The van der Waals surface area contributed by atoms with Gasteiger partial charge in [0.2, 0.25) is 0 Å². The van der Waals surface area contributed by atoms with Crippen LogP contribution in [-0.2, 0) is 4.74 Å². The molecule has 1 atom stereocenters. The molecular weight excluding hydrogens is 266 g/mol. The number of rotatable bonds is 3. The second-order valence-corrected chi connectivity index (χ2v) is 7.17. The fourth-order valence-electron chi connectivity index (χ4n) is 3.77. The first-order valence-corrected chi connectivity index (χ1v) is 8.53. The average Bonchev–Trinajstić information content (AvgIpc) is 3.24. The molecular formula is C16H29N3O2. The topological polar surface area (TPSA) is 53.6 Å².